The molecule has 0 saturated carbocycles. The minimum atomic E-state index is -3.97. The number of nitro benzene ring substituents is 1. The van der Waals surface area contributed by atoms with Crippen LogP contribution in [0.2, 0.25) is 0 Å². The Kier molecular flexibility index (Phi) is 7.61. The van der Waals surface area contributed by atoms with Crippen LogP contribution in [0.15, 0.2) is 23.9 Å². The third-order valence-electron chi connectivity index (χ3n) is 5.25. The van der Waals surface area contributed by atoms with E-state index in [9.17, 15) is 23.3 Å². The molecule has 0 spiro atoms. The van der Waals surface area contributed by atoms with E-state index >= 15 is 0 Å². The molecule has 0 bridgehead atoms. The van der Waals surface area contributed by atoms with Crippen molar-refractivity contribution < 1.29 is 22.3 Å². The number of carbonyl (C=O) groups excluding carboxylic acids is 1. The molecule has 0 atom stereocenters. The van der Waals surface area contributed by atoms with Gasteiger partial charge in [-0.05, 0) is 65.2 Å². The third kappa shape index (κ3) is 4.90. The Labute approximate surface area is 188 Å². The van der Waals surface area contributed by atoms with Gasteiger partial charge in [0.2, 0.25) is 5.88 Å². The molecule has 32 heavy (non-hydrogen) atoms. The Morgan fingerprint density at radius 2 is 1.84 bits per heavy atom. The minimum absolute atomic E-state index is 0.0135. The molecule has 10 heteroatoms. The van der Waals surface area contributed by atoms with Crippen molar-refractivity contribution in [2.24, 2.45) is 0 Å². The van der Waals surface area contributed by atoms with Gasteiger partial charge >= 0.3 is 10.1 Å². The molecule has 0 saturated heterocycles. The summed E-state index contributed by atoms with van der Waals surface area (Å²) in [4.78, 5) is 24.6. The summed E-state index contributed by atoms with van der Waals surface area (Å²) in [6.45, 7) is 12.3. The van der Waals surface area contributed by atoms with Crippen LogP contribution in [-0.2, 0) is 16.7 Å². The fourth-order valence-electron chi connectivity index (χ4n) is 3.16. The highest BCUT2D eigenvalue weighted by atomic mass is 32.2. The zero-order valence-electron chi connectivity index (χ0n) is 19.4. The van der Waals surface area contributed by atoms with Crippen LogP contribution in [0.5, 0.6) is 5.88 Å². The highest BCUT2D eigenvalue weighted by Gasteiger charge is 2.29. The predicted octanol–water partition coefficient (Wildman–Crippen LogP) is 4.67. The van der Waals surface area contributed by atoms with Crippen molar-refractivity contribution in [2.75, 3.05) is 0 Å². The van der Waals surface area contributed by atoms with Crippen molar-refractivity contribution >= 4 is 27.2 Å². The van der Waals surface area contributed by atoms with Gasteiger partial charge in [-0.25, -0.2) is 4.68 Å². The van der Waals surface area contributed by atoms with Gasteiger partial charge in [0.1, 0.15) is 5.56 Å². The third-order valence-corrected chi connectivity index (χ3v) is 6.80. The Balaban J connectivity index is 2.72. The summed E-state index contributed by atoms with van der Waals surface area (Å²) in [5.41, 5.74) is 2.49. The minimum Gasteiger partial charge on any atom is -0.361 e. The molecule has 0 fully saturated rings. The zero-order valence-corrected chi connectivity index (χ0v) is 20.2. The van der Waals surface area contributed by atoms with E-state index in [1.165, 1.54) is 36.9 Å². The number of ketones is 1. The van der Waals surface area contributed by atoms with Crippen LogP contribution in [-0.4, -0.2) is 34.2 Å². The molecule has 0 aliphatic heterocycles. The van der Waals surface area contributed by atoms with Gasteiger partial charge in [-0.2, -0.15) is 13.5 Å². The first-order valence-electron chi connectivity index (χ1n) is 10.3. The summed E-state index contributed by atoms with van der Waals surface area (Å²) >= 11 is 0. The summed E-state index contributed by atoms with van der Waals surface area (Å²) in [6, 6.07) is 2.68. The topological polar surface area (TPSA) is 121 Å². The molecule has 0 aliphatic carbocycles. The van der Waals surface area contributed by atoms with Crippen LogP contribution >= 0.6 is 0 Å². The Morgan fingerprint density at radius 1 is 1.22 bits per heavy atom. The first-order chi connectivity index (χ1) is 14.8. The number of benzene rings is 1. The second-order valence-corrected chi connectivity index (χ2v) is 10.1. The van der Waals surface area contributed by atoms with Gasteiger partial charge in [-0.1, -0.05) is 12.5 Å². The van der Waals surface area contributed by atoms with Crippen LogP contribution < -0.4 is 4.18 Å². The molecule has 0 aliphatic rings. The second-order valence-electron chi connectivity index (χ2n) is 8.05. The lowest BCUT2D eigenvalue weighted by molar-refractivity contribution is -0.385. The lowest BCUT2D eigenvalue weighted by Crippen LogP contribution is -2.23. The largest absolute Gasteiger partial charge is 0.361 e. The molecule has 0 amide bonds. The van der Waals surface area contributed by atoms with Crippen LogP contribution in [0, 0.1) is 17.0 Å². The lowest BCUT2D eigenvalue weighted by atomic mass is 9.90. The Bertz CT molecular complexity index is 1190. The normalized spacial score (nSPS) is 11.5. The smallest absolute Gasteiger partial charge is 0.313 e. The van der Waals surface area contributed by atoms with Gasteiger partial charge in [0.25, 0.3) is 5.69 Å². The highest BCUT2D eigenvalue weighted by Crippen LogP contribution is 2.35. The number of hydrogen-bond acceptors (Lipinski definition) is 7. The van der Waals surface area contributed by atoms with Gasteiger partial charge in [0, 0.05) is 18.2 Å². The SMILES string of the molecule is CCCn1ncc(C(=O)c2ccc([N+](=O)[O-])c(C(C)=C(C)C)c2C)c1OS(=O)(=O)C(C)C. The molecule has 2 aromatic rings. The van der Waals surface area contributed by atoms with Crippen LogP contribution in [0.1, 0.15) is 75.0 Å². The molecule has 0 unspecified atom stereocenters. The summed E-state index contributed by atoms with van der Waals surface area (Å²) < 4.78 is 31.5. The van der Waals surface area contributed by atoms with Crippen molar-refractivity contribution in [3.8, 4) is 5.88 Å². The molecule has 2 rings (SSSR count). The van der Waals surface area contributed by atoms with E-state index < -0.39 is 26.1 Å². The molecule has 0 radical (unpaired) electrons. The lowest BCUT2D eigenvalue weighted by Gasteiger charge is -2.15. The number of carbonyl (C=O) groups is 1. The molecule has 1 aromatic heterocycles. The number of aryl methyl sites for hydroxylation is 1. The van der Waals surface area contributed by atoms with E-state index in [4.69, 9.17) is 4.18 Å². The van der Waals surface area contributed by atoms with Crippen LogP contribution in [0.3, 0.4) is 0 Å². The van der Waals surface area contributed by atoms with Crippen molar-refractivity contribution in [1.82, 2.24) is 9.78 Å². The monoisotopic (exact) mass is 463 g/mol. The average Bonchev–Trinajstić information content (AvgIpc) is 3.08. The zero-order chi connectivity index (χ0) is 24.4. The summed E-state index contributed by atoms with van der Waals surface area (Å²) in [7, 11) is -3.97. The fraction of sp³-hybridized carbons (Fsp3) is 0.455. The first-order valence-corrected chi connectivity index (χ1v) is 11.8. The van der Waals surface area contributed by atoms with Crippen molar-refractivity contribution in [1.29, 1.82) is 0 Å². The van der Waals surface area contributed by atoms with Crippen molar-refractivity contribution in [3.63, 3.8) is 0 Å². The van der Waals surface area contributed by atoms with Crippen LogP contribution in [0.4, 0.5) is 5.69 Å². The van der Waals surface area contributed by atoms with Gasteiger partial charge in [0.15, 0.2) is 5.78 Å². The van der Waals surface area contributed by atoms with Crippen LogP contribution in [0.25, 0.3) is 5.57 Å². The second kappa shape index (κ2) is 9.64. The average molecular weight is 464 g/mol. The Hall–Kier alpha value is -3.01. The predicted molar refractivity (Wildman–Crippen MR) is 122 cm³/mol. The summed E-state index contributed by atoms with van der Waals surface area (Å²) in [5.74, 6) is -0.666. The van der Waals surface area contributed by atoms with E-state index in [-0.39, 0.29) is 22.7 Å². The van der Waals surface area contributed by atoms with Gasteiger partial charge in [0.05, 0.1) is 21.9 Å². The molecular weight excluding hydrogens is 434 g/mol. The molecule has 9 nitrogen and oxygen atoms in total. The van der Waals surface area contributed by atoms with Crippen molar-refractivity contribution in [3.05, 3.63) is 56.3 Å². The number of hydrogen-bond donors (Lipinski definition) is 0. The number of aromatic nitrogens is 2. The highest BCUT2D eigenvalue weighted by molar-refractivity contribution is 7.87. The number of rotatable bonds is 9. The van der Waals surface area contributed by atoms with Gasteiger partial charge < -0.3 is 4.18 Å². The van der Waals surface area contributed by atoms with E-state index in [1.54, 1.807) is 13.8 Å². The fourth-order valence-corrected chi connectivity index (χ4v) is 3.75. The molecule has 0 N–H and O–H groups in total. The number of nitro groups is 1. The van der Waals surface area contributed by atoms with Gasteiger partial charge in [-0.3, -0.25) is 14.9 Å². The maximum atomic E-state index is 13.5. The first kappa shape index (κ1) is 25.3. The number of nitrogens with zero attached hydrogens (tertiary/aromatic N) is 3. The van der Waals surface area contributed by atoms with E-state index in [0.717, 1.165) is 5.57 Å². The maximum Gasteiger partial charge on any atom is 0.313 e. The van der Waals surface area contributed by atoms with Crippen molar-refractivity contribution in [2.45, 2.75) is 66.7 Å². The van der Waals surface area contributed by atoms with E-state index in [2.05, 4.69) is 5.10 Å². The van der Waals surface area contributed by atoms with E-state index in [0.29, 0.717) is 29.7 Å². The quantitative estimate of drug-likeness (QED) is 0.229. The maximum absolute atomic E-state index is 13.5. The summed E-state index contributed by atoms with van der Waals surface area (Å²) in [5, 5.41) is 14.9. The Morgan fingerprint density at radius 3 is 2.34 bits per heavy atom. The molecule has 1 heterocycles. The summed E-state index contributed by atoms with van der Waals surface area (Å²) in [6.07, 6.45) is 1.92. The molecule has 174 valence electrons. The molecular formula is C22H29N3O6S. The van der Waals surface area contributed by atoms with E-state index in [1.807, 2.05) is 20.8 Å². The molecule has 1 aromatic carbocycles. The number of allylic oxidation sites excluding steroid dienone is 2. The van der Waals surface area contributed by atoms with Gasteiger partial charge in [-0.15, -0.1) is 0 Å². The standard InChI is InChI=1S/C22H29N3O6S/c1-8-11-24-22(31-32(29,30)14(4)5)18(12-23-24)21(26)17-9-10-19(25(27)28)20(16(17)7)15(6)13(2)3/h9-10,12,14H,8,11H2,1-7H3.